The van der Waals surface area contributed by atoms with Crippen molar-refractivity contribution in [1.82, 2.24) is 4.98 Å². The predicted molar refractivity (Wildman–Crippen MR) is 107 cm³/mol. The van der Waals surface area contributed by atoms with E-state index in [1.807, 2.05) is 30.3 Å². The highest BCUT2D eigenvalue weighted by molar-refractivity contribution is 6.30. The van der Waals surface area contributed by atoms with Gasteiger partial charge in [-0.3, -0.25) is 9.78 Å². The highest BCUT2D eigenvalue weighted by Crippen LogP contribution is 2.19. The van der Waals surface area contributed by atoms with Crippen molar-refractivity contribution in [2.24, 2.45) is 0 Å². The number of anilines is 2. The number of rotatable bonds is 6. The smallest absolute Gasteiger partial charge is 0.274 e. The number of pyridine rings is 1. The third-order valence-electron chi connectivity index (χ3n) is 4.04. The lowest BCUT2D eigenvalue weighted by Gasteiger charge is -2.23. The third kappa shape index (κ3) is 4.61. The molecule has 2 aromatic carbocycles. The molecule has 0 aliphatic heterocycles. The van der Waals surface area contributed by atoms with Gasteiger partial charge in [0.1, 0.15) is 5.69 Å². The summed E-state index contributed by atoms with van der Waals surface area (Å²) >= 11 is 5.87. The van der Waals surface area contributed by atoms with Crippen LogP contribution in [0, 0.1) is 0 Å². The number of amides is 1. The lowest BCUT2D eigenvalue weighted by atomic mass is 10.2. The topological polar surface area (TPSA) is 45.2 Å². The summed E-state index contributed by atoms with van der Waals surface area (Å²) in [4.78, 5) is 18.9. The van der Waals surface area contributed by atoms with Gasteiger partial charge in [-0.25, -0.2) is 0 Å². The standard InChI is InChI=1S/C21H20ClN3O/c1-2-25(15-16-6-4-3-5-7-16)19-12-13-23-20(14-19)21(26)24-18-10-8-17(22)9-11-18/h3-14H,2,15H2,1H3,(H,24,26). The van der Waals surface area contributed by atoms with Gasteiger partial charge in [-0.15, -0.1) is 0 Å². The first kappa shape index (κ1) is 18.0. The highest BCUT2D eigenvalue weighted by atomic mass is 35.5. The Morgan fingerprint density at radius 2 is 1.81 bits per heavy atom. The fraction of sp³-hybridized carbons (Fsp3) is 0.143. The molecule has 0 fully saturated rings. The Morgan fingerprint density at radius 3 is 2.50 bits per heavy atom. The number of carbonyl (C=O) groups excluding carboxylic acids is 1. The fourth-order valence-corrected chi connectivity index (χ4v) is 2.78. The molecule has 4 nitrogen and oxygen atoms in total. The van der Waals surface area contributed by atoms with E-state index in [0.29, 0.717) is 16.4 Å². The number of nitrogens with one attached hydrogen (secondary N) is 1. The monoisotopic (exact) mass is 365 g/mol. The average molecular weight is 366 g/mol. The van der Waals surface area contributed by atoms with Gasteiger partial charge in [0.15, 0.2) is 0 Å². The van der Waals surface area contributed by atoms with E-state index in [2.05, 4.69) is 34.3 Å². The van der Waals surface area contributed by atoms with E-state index in [9.17, 15) is 4.79 Å². The molecule has 0 aliphatic carbocycles. The summed E-state index contributed by atoms with van der Waals surface area (Å²) < 4.78 is 0. The zero-order valence-corrected chi connectivity index (χ0v) is 15.3. The van der Waals surface area contributed by atoms with Gasteiger partial charge in [0.25, 0.3) is 5.91 Å². The molecule has 0 saturated heterocycles. The van der Waals surface area contributed by atoms with Crippen LogP contribution >= 0.6 is 11.6 Å². The first-order valence-electron chi connectivity index (χ1n) is 8.47. The molecule has 1 heterocycles. The molecule has 1 aromatic heterocycles. The van der Waals surface area contributed by atoms with Crippen LogP contribution in [0.5, 0.6) is 0 Å². The van der Waals surface area contributed by atoms with Crippen LogP contribution in [0.3, 0.4) is 0 Å². The molecule has 0 saturated carbocycles. The highest BCUT2D eigenvalue weighted by Gasteiger charge is 2.12. The Labute approximate surface area is 158 Å². The zero-order chi connectivity index (χ0) is 18.4. The van der Waals surface area contributed by atoms with Crippen molar-refractivity contribution >= 4 is 28.9 Å². The van der Waals surface area contributed by atoms with E-state index in [0.717, 1.165) is 18.8 Å². The summed E-state index contributed by atoms with van der Waals surface area (Å²) in [5.41, 5.74) is 3.25. The van der Waals surface area contributed by atoms with Crippen molar-refractivity contribution < 1.29 is 4.79 Å². The van der Waals surface area contributed by atoms with E-state index in [-0.39, 0.29) is 5.91 Å². The van der Waals surface area contributed by atoms with Gasteiger partial charge in [0.2, 0.25) is 0 Å². The minimum Gasteiger partial charge on any atom is -0.367 e. The average Bonchev–Trinajstić information content (AvgIpc) is 2.69. The number of nitrogens with zero attached hydrogens (tertiary/aromatic N) is 2. The van der Waals surface area contributed by atoms with E-state index in [1.165, 1.54) is 5.56 Å². The predicted octanol–water partition coefficient (Wildman–Crippen LogP) is 5.01. The van der Waals surface area contributed by atoms with E-state index < -0.39 is 0 Å². The van der Waals surface area contributed by atoms with E-state index in [1.54, 1.807) is 30.5 Å². The van der Waals surface area contributed by atoms with Crippen molar-refractivity contribution in [2.75, 3.05) is 16.8 Å². The first-order chi connectivity index (χ1) is 12.7. The van der Waals surface area contributed by atoms with Crippen LogP contribution in [0.25, 0.3) is 0 Å². The molecule has 0 radical (unpaired) electrons. The van der Waals surface area contributed by atoms with Crippen molar-refractivity contribution in [3.63, 3.8) is 0 Å². The van der Waals surface area contributed by atoms with Crippen LogP contribution < -0.4 is 10.2 Å². The van der Waals surface area contributed by atoms with Gasteiger partial charge in [-0.1, -0.05) is 41.9 Å². The molecule has 0 spiro atoms. The second-order valence-corrected chi connectivity index (χ2v) is 6.30. The van der Waals surface area contributed by atoms with E-state index in [4.69, 9.17) is 11.6 Å². The quantitative estimate of drug-likeness (QED) is 0.667. The number of halogens is 1. The number of hydrogen-bond donors (Lipinski definition) is 1. The van der Waals surface area contributed by atoms with Gasteiger partial charge in [0.05, 0.1) is 0 Å². The summed E-state index contributed by atoms with van der Waals surface area (Å²) in [7, 11) is 0. The Hall–Kier alpha value is -2.85. The molecular formula is C21H20ClN3O. The van der Waals surface area contributed by atoms with Gasteiger partial charge < -0.3 is 10.2 Å². The lowest BCUT2D eigenvalue weighted by Crippen LogP contribution is -2.23. The molecule has 0 aliphatic rings. The van der Waals surface area contributed by atoms with Crippen LogP contribution in [0.15, 0.2) is 72.9 Å². The third-order valence-corrected chi connectivity index (χ3v) is 4.29. The Kier molecular flexibility index (Phi) is 5.87. The Bertz CT molecular complexity index is 866. The van der Waals surface area contributed by atoms with Crippen LogP contribution in [0.2, 0.25) is 5.02 Å². The summed E-state index contributed by atoms with van der Waals surface area (Å²) in [5, 5.41) is 3.47. The molecule has 3 aromatic rings. The molecular weight excluding hydrogens is 346 g/mol. The summed E-state index contributed by atoms with van der Waals surface area (Å²) in [5.74, 6) is -0.245. The van der Waals surface area contributed by atoms with Crippen molar-refractivity contribution in [3.8, 4) is 0 Å². The minimum absolute atomic E-state index is 0.245. The number of hydrogen-bond acceptors (Lipinski definition) is 3. The van der Waals surface area contributed by atoms with Gasteiger partial charge >= 0.3 is 0 Å². The molecule has 1 amide bonds. The molecule has 132 valence electrons. The lowest BCUT2D eigenvalue weighted by molar-refractivity contribution is 0.102. The first-order valence-corrected chi connectivity index (χ1v) is 8.85. The van der Waals surface area contributed by atoms with Gasteiger partial charge in [0, 0.05) is 35.7 Å². The molecule has 26 heavy (non-hydrogen) atoms. The van der Waals surface area contributed by atoms with Crippen molar-refractivity contribution in [3.05, 3.63) is 89.2 Å². The summed E-state index contributed by atoms with van der Waals surface area (Å²) in [6.07, 6.45) is 1.67. The molecule has 0 atom stereocenters. The largest absolute Gasteiger partial charge is 0.367 e. The SMILES string of the molecule is CCN(Cc1ccccc1)c1ccnc(C(=O)Nc2ccc(Cl)cc2)c1. The van der Waals surface area contributed by atoms with Crippen LogP contribution in [-0.4, -0.2) is 17.4 Å². The molecule has 0 bridgehead atoms. The van der Waals surface area contributed by atoms with Gasteiger partial charge in [-0.2, -0.15) is 0 Å². The maximum absolute atomic E-state index is 12.5. The second kappa shape index (κ2) is 8.50. The molecule has 1 N–H and O–H groups in total. The zero-order valence-electron chi connectivity index (χ0n) is 14.5. The number of benzene rings is 2. The number of aromatic nitrogens is 1. The number of carbonyl (C=O) groups is 1. The van der Waals surface area contributed by atoms with Crippen LogP contribution in [-0.2, 0) is 6.54 Å². The van der Waals surface area contributed by atoms with E-state index >= 15 is 0 Å². The van der Waals surface area contributed by atoms with Crippen LogP contribution in [0.4, 0.5) is 11.4 Å². The minimum atomic E-state index is -0.245. The Balaban J connectivity index is 1.75. The van der Waals surface area contributed by atoms with Crippen molar-refractivity contribution in [1.29, 1.82) is 0 Å². The fourth-order valence-electron chi connectivity index (χ4n) is 2.66. The maximum Gasteiger partial charge on any atom is 0.274 e. The van der Waals surface area contributed by atoms with Crippen LogP contribution in [0.1, 0.15) is 23.0 Å². The normalized spacial score (nSPS) is 10.4. The Morgan fingerprint density at radius 1 is 1.08 bits per heavy atom. The molecule has 5 heteroatoms. The summed E-state index contributed by atoms with van der Waals surface area (Å²) in [6.45, 7) is 3.70. The van der Waals surface area contributed by atoms with Crippen molar-refractivity contribution in [2.45, 2.75) is 13.5 Å². The maximum atomic E-state index is 12.5. The summed E-state index contributed by atoms with van der Waals surface area (Å²) in [6, 6.07) is 21.0. The second-order valence-electron chi connectivity index (χ2n) is 5.86. The molecule has 0 unspecified atom stereocenters. The molecule has 3 rings (SSSR count). The van der Waals surface area contributed by atoms with Gasteiger partial charge in [-0.05, 0) is 48.9 Å².